The summed E-state index contributed by atoms with van der Waals surface area (Å²) in [5.74, 6) is 0. The highest BCUT2D eigenvalue weighted by atomic mass is 79.9. The molecule has 2 N–H and O–H groups in total. The molecule has 0 aliphatic carbocycles. The lowest BCUT2D eigenvalue weighted by Crippen LogP contribution is -2.29. The van der Waals surface area contributed by atoms with E-state index < -0.39 is 0 Å². The van der Waals surface area contributed by atoms with Crippen LogP contribution in [-0.2, 0) is 6.54 Å². The molecule has 1 rings (SSSR count). The molecule has 90 valence electrons. The van der Waals surface area contributed by atoms with Gasteiger partial charge in [0, 0.05) is 22.7 Å². The number of nitrogens with zero attached hydrogens (tertiary/aromatic N) is 1. The predicted molar refractivity (Wildman–Crippen MR) is 74.4 cm³/mol. The summed E-state index contributed by atoms with van der Waals surface area (Å²) in [6.07, 6.45) is 2.38. The van der Waals surface area contributed by atoms with Crippen LogP contribution in [0.4, 0.5) is 5.69 Å². The zero-order valence-electron chi connectivity index (χ0n) is 10.3. The molecule has 0 heterocycles. The van der Waals surface area contributed by atoms with Gasteiger partial charge >= 0.3 is 0 Å². The van der Waals surface area contributed by atoms with Crippen LogP contribution < -0.4 is 5.73 Å². The number of benzene rings is 1. The first kappa shape index (κ1) is 13.5. The lowest BCUT2D eigenvalue weighted by molar-refractivity contribution is 0.222. The monoisotopic (exact) mass is 284 g/mol. The van der Waals surface area contributed by atoms with E-state index in [4.69, 9.17) is 5.73 Å². The highest BCUT2D eigenvalue weighted by Crippen LogP contribution is 2.19. The zero-order chi connectivity index (χ0) is 12.1. The summed E-state index contributed by atoms with van der Waals surface area (Å²) in [5.41, 5.74) is 7.91. The molecular formula is C13H21BrN2. The van der Waals surface area contributed by atoms with E-state index in [0.717, 1.165) is 16.7 Å². The first-order chi connectivity index (χ1) is 7.56. The van der Waals surface area contributed by atoms with Crippen molar-refractivity contribution in [3.05, 3.63) is 28.2 Å². The fourth-order valence-electron chi connectivity index (χ4n) is 2.10. The van der Waals surface area contributed by atoms with Crippen LogP contribution in [0.15, 0.2) is 22.7 Å². The fourth-order valence-corrected chi connectivity index (χ4v) is 2.65. The molecular weight excluding hydrogens is 264 g/mol. The van der Waals surface area contributed by atoms with Gasteiger partial charge in [0.1, 0.15) is 0 Å². The first-order valence-corrected chi connectivity index (χ1v) is 6.61. The molecule has 0 saturated carbocycles. The van der Waals surface area contributed by atoms with Crippen molar-refractivity contribution in [3.63, 3.8) is 0 Å². The Morgan fingerprint density at radius 3 is 2.38 bits per heavy atom. The molecule has 0 radical (unpaired) electrons. The van der Waals surface area contributed by atoms with Crippen LogP contribution >= 0.6 is 15.9 Å². The summed E-state index contributed by atoms with van der Waals surface area (Å²) in [7, 11) is 2.18. The van der Waals surface area contributed by atoms with Crippen molar-refractivity contribution in [1.82, 2.24) is 4.90 Å². The highest BCUT2D eigenvalue weighted by molar-refractivity contribution is 9.10. The molecule has 0 aliphatic heterocycles. The van der Waals surface area contributed by atoms with Crippen molar-refractivity contribution in [2.45, 2.75) is 39.3 Å². The van der Waals surface area contributed by atoms with E-state index in [0.29, 0.717) is 6.04 Å². The Morgan fingerprint density at radius 1 is 1.25 bits per heavy atom. The van der Waals surface area contributed by atoms with Crippen LogP contribution in [0.5, 0.6) is 0 Å². The van der Waals surface area contributed by atoms with Crippen LogP contribution in [0.3, 0.4) is 0 Å². The Morgan fingerprint density at radius 2 is 1.88 bits per heavy atom. The van der Waals surface area contributed by atoms with Gasteiger partial charge in [-0.05, 0) is 43.7 Å². The summed E-state index contributed by atoms with van der Waals surface area (Å²) < 4.78 is 1.06. The number of hydrogen-bond donors (Lipinski definition) is 1. The second-order valence-electron chi connectivity index (χ2n) is 4.28. The normalized spacial score (nSPS) is 11.4. The second-order valence-corrected chi connectivity index (χ2v) is 5.19. The standard InChI is InChI=1S/C13H21BrN2/c1-4-13(5-2)16(3)9-10-6-11(14)8-12(15)7-10/h6-8,13H,4-5,9,15H2,1-3H3. The van der Waals surface area contributed by atoms with E-state index in [1.54, 1.807) is 0 Å². The van der Waals surface area contributed by atoms with Crippen molar-refractivity contribution in [2.24, 2.45) is 0 Å². The highest BCUT2D eigenvalue weighted by Gasteiger charge is 2.10. The summed E-state index contributed by atoms with van der Waals surface area (Å²) in [5, 5.41) is 0. The van der Waals surface area contributed by atoms with Crippen molar-refractivity contribution >= 4 is 21.6 Å². The van der Waals surface area contributed by atoms with Crippen LogP contribution in [0.2, 0.25) is 0 Å². The zero-order valence-corrected chi connectivity index (χ0v) is 11.9. The quantitative estimate of drug-likeness (QED) is 0.837. The average Bonchev–Trinajstić information content (AvgIpc) is 2.17. The molecule has 1 aromatic rings. The van der Waals surface area contributed by atoms with E-state index in [9.17, 15) is 0 Å². The molecule has 0 amide bonds. The Hall–Kier alpha value is -0.540. The summed E-state index contributed by atoms with van der Waals surface area (Å²) in [4.78, 5) is 2.39. The van der Waals surface area contributed by atoms with Gasteiger partial charge in [-0.15, -0.1) is 0 Å². The van der Waals surface area contributed by atoms with Crippen molar-refractivity contribution < 1.29 is 0 Å². The number of nitrogens with two attached hydrogens (primary N) is 1. The van der Waals surface area contributed by atoms with Gasteiger partial charge in [0.05, 0.1) is 0 Å². The molecule has 0 fully saturated rings. The Balaban J connectivity index is 2.72. The number of anilines is 1. The average molecular weight is 285 g/mol. The van der Waals surface area contributed by atoms with Crippen LogP contribution in [0.1, 0.15) is 32.3 Å². The van der Waals surface area contributed by atoms with Crippen molar-refractivity contribution in [2.75, 3.05) is 12.8 Å². The van der Waals surface area contributed by atoms with Gasteiger partial charge in [-0.25, -0.2) is 0 Å². The number of rotatable bonds is 5. The van der Waals surface area contributed by atoms with Crippen LogP contribution in [-0.4, -0.2) is 18.0 Å². The largest absolute Gasteiger partial charge is 0.399 e. The summed E-state index contributed by atoms with van der Waals surface area (Å²) in [6.45, 7) is 5.43. The molecule has 0 saturated heterocycles. The van der Waals surface area contributed by atoms with Crippen LogP contribution in [0, 0.1) is 0 Å². The van der Waals surface area contributed by atoms with Gasteiger partial charge in [-0.1, -0.05) is 29.8 Å². The first-order valence-electron chi connectivity index (χ1n) is 5.82. The van der Waals surface area contributed by atoms with Gasteiger partial charge in [-0.2, -0.15) is 0 Å². The third-order valence-electron chi connectivity index (χ3n) is 2.98. The minimum atomic E-state index is 0.653. The minimum Gasteiger partial charge on any atom is -0.399 e. The SMILES string of the molecule is CCC(CC)N(C)Cc1cc(N)cc(Br)c1. The van der Waals surface area contributed by atoms with E-state index in [2.05, 4.69) is 47.8 Å². The van der Waals surface area contributed by atoms with Crippen LogP contribution in [0.25, 0.3) is 0 Å². The van der Waals surface area contributed by atoms with E-state index >= 15 is 0 Å². The van der Waals surface area contributed by atoms with Gasteiger partial charge in [0.15, 0.2) is 0 Å². The van der Waals surface area contributed by atoms with Crippen molar-refractivity contribution in [1.29, 1.82) is 0 Å². The molecule has 0 unspecified atom stereocenters. The summed E-state index contributed by atoms with van der Waals surface area (Å²) in [6, 6.07) is 6.76. The molecule has 1 aromatic carbocycles. The lowest BCUT2D eigenvalue weighted by atomic mass is 10.1. The van der Waals surface area contributed by atoms with E-state index in [1.807, 2.05) is 12.1 Å². The topological polar surface area (TPSA) is 29.3 Å². The van der Waals surface area contributed by atoms with Gasteiger partial charge < -0.3 is 5.73 Å². The molecule has 0 aromatic heterocycles. The lowest BCUT2D eigenvalue weighted by Gasteiger charge is -2.26. The van der Waals surface area contributed by atoms with Crippen molar-refractivity contribution in [3.8, 4) is 0 Å². The summed E-state index contributed by atoms with van der Waals surface area (Å²) >= 11 is 3.48. The molecule has 2 nitrogen and oxygen atoms in total. The molecule has 0 atom stereocenters. The Bertz CT molecular complexity index is 314. The fraction of sp³-hybridized carbons (Fsp3) is 0.538. The smallest absolute Gasteiger partial charge is 0.0328 e. The second kappa shape index (κ2) is 6.26. The third kappa shape index (κ3) is 3.80. The number of halogens is 1. The molecule has 3 heteroatoms. The maximum atomic E-state index is 5.83. The predicted octanol–water partition coefficient (Wildman–Crippen LogP) is 3.65. The van der Waals surface area contributed by atoms with Gasteiger partial charge in [0.25, 0.3) is 0 Å². The maximum absolute atomic E-state index is 5.83. The molecule has 0 aliphatic rings. The van der Waals surface area contributed by atoms with Gasteiger partial charge in [-0.3, -0.25) is 4.90 Å². The van der Waals surface area contributed by atoms with Gasteiger partial charge in [0.2, 0.25) is 0 Å². The third-order valence-corrected chi connectivity index (χ3v) is 3.44. The molecule has 0 spiro atoms. The number of nitrogen functional groups attached to an aromatic ring is 1. The molecule has 16 heavy (non-hydrogen) atoms. The molecule has 0 bridgehead atoms. The maximum Gasteiger partial charge on any atom is 0.0328 e. The minimum absolute atomic E-state index is 0.653. The van der Waals surface area contributed by atoms with E-state index in [-0.39, 0.29) is 0 Å². The number of hydrogen-bond acceptors (Lipinski definition) is 2. The van der Waals surface area contributed by atoms with E-state index in [1.165, 1.54) is 18.4 Å². The Kier molecular flexibility index (Phi) is 5.29. The Labute approximate surface area is 107 Å².